The molecule has 0 amide bonds. The molecule has 1 saturated carbocycles. The first-order valence-electron chi connectivity index (χ1n) is 7.16. The fourth-order valence-electron chi connectivity index (χ4n) is 2.18. The second-order valence-electron chi connectivity index (χ2n) is 5.43. The Morgan fingerprint density at radius 3 is 2.50 bits per heavy atom. The van der Waals surface area contributed by atoms with E-state index in [1.165, 1.54) is 30.4 Å². The van der Waals surface area contributed by atoms with Gasteiger partial charge in [0.25, 0.3) is 0 Å². The summed E-state index contributed by atoms with van der Waals surface area (Å²) in [7, 11) is 0. The molecule has 2 unspecified atom stereocenters. The molecular weight excluding hydrogens is 222 g/mol. The van der Waals surface area contributed by atoms with Gasteiger partial charge in [-0.3, -0.25) is 0 Å². The Morgan fingerprint density at radius 1 is 1.28 bits per heavy atom. The summed E-state index contributed by atoms with van der Waals surface area (Å²) in [5.41, 5.74) is 8.76. The van der Waals surface area contributed by atoms with Crippen molar-refractivity contribution in [1.82, 2.24) is 0 Å². The van der Waals surface area contributed by atoms with Crippen molar-refractivity contribution in [3.05, 3.63) is 35.4 Å². The fraction of sp³-hybridized carbons (Fsp3) is 0.625. The molecule has 0 heterocycles. The second-order valence-corrected chi connectivity index (χ2v) is 5.43. The van der Waals surface area contributed by atoms with Crippen molar-refractivity contribution >= 4 is 0 Å². The minimum Gasteiger partial charge on any atom is -0.377 e. The third-order valence-electron chi connectivity index (χ3n) is 3.88. The SMILES string of the molecule is CCc1ccc(C(N)C(C)OCCC2CC2)cc1. The van der Waals surface area contributed by atoms with Gasteiger partial charge in [0.2, 0.25) is 0 Å². The van der Waals surface area contributed by atoms with Crippen LogP contribution in [0.2, 0.25) is 0 Å². The summed E-state index contributed by atoms with van der Waals surface area (Å²) >= 11 is 0. The molecule has 18 heavy (non-hydrogen) atoms. The van der Waals surface area contributed by atoms with Gasteiger partial charge in [-0.25, -0.2) is 0 Å². The minimum atomic E-state index is -0.0184. The van der Waals surface area contributed by atoms with E-state index in [2.05, 4.69) is 38.1 Å². The van der Waals surface area contributed by atoms with Gasteiger partial charge < -0.3 is 10.5 Å². The van der Waals surface area contributed by atoms with E-state index in [0.29, 0.717) is 0 Å². The molecule has 0 aliphatic heterocycles. The molecule has 1 aliphatic carbocycles. The minimum absolute atomic E-state index is 0.0184. The molecule has 1 fully saturated rings. The topological polar surface area (TPSA) is 35.2 Å². The van der Waals surface area contributed by atoms with Gasteiger partial charge in [-0.05, 0) is 36.8 Å². The van der Waals surface area contributed by atoms with Crippen LogP contribution in [0.25, 0.3) is 0 Å². The third-order valence-corrected chi connectivity index (χ3v) is 3.88. The van der Waals surface area contributed by atoms with Crippen LogP contribution in [0.5, 0.6) is 0 Å². The molecule has 100 valence electrons. The van der Waals surface area contributed by atoms with Gasteiger partial charge in [-0.1, -0.05) is 44.0 Å². The van der Waals surface area contributed by atoms with Crippen molar-refractivity contribution in [3.63, 3.8) is 0 Å². The van der Waals surface area contributed by atoms with Gasteiger partial charge >= 0.3 is 0 Å². The summed E-state index contributed by atoms with van der Waals surface area (Å²) < 4.78 is 5.84. The lowest BCUT2D eigenvalue weighted by Gasteiger charge is -2.21. The van der Waals surface area contributed by atoms with Gasteiger partial charge in [-0.15, -0.1) is 0 Å². The lowest BCUT2D eigenvalue weighted by atomic mass is 10.0. The molecule has 2 nitrogen and oxygen atoms in total. The number of rotatable bonds is 7. The third kappa shape index (κ3) is 3.82. The zero-order valence-corrected chi connectivity index (χ0v) is 11.6. The summed E-state index contributed by atoms with van der Waals surface area (Å²) in [5.74, 6) is 0.928. The average molecular weight is 247 g/mol. The van der Waals surface area contributed by atoms with Gasteiger partial charge in [0.15, 0.2) is 0 Å². The van der Waals surface area contributed by atoms with Crippen molar-refractivity contribution in [2.75, 3.05) is 6.61 Å². The molecule has 2 atom stereocenters. The Balaban J connectivity index is 1.81. The van der Waals surface area contributed by atoms with E-state index in [4.69, 9.17) is 10.5 Å². The lowest BCUT2D eigenvalue weighted by molar-refractivity contribution is 0.0443. The normalized spacial score (nSPS) is 18.6. The monoisotopic (exact) mass is 247 g/mol. The summed E-state index contributed by atoms with van der Waals surface area (Å²) in [4.78, 5) is 0. The van der Waals surface area contributed by atoms with Crippen LogP contribution in [-0.2, 0) is 11.2 Å². The van der Waals surface area contributed by atoms with Crippen molar-refractivity contribution in [2.45, 2.75) is 51.7 Å². The highest BCUT2D eigenvalue weighted by Gasteiger charge is 2.22. The van der Waals surface area contributed by atoms with E-state index in [9.17, 15) is 0 Å². The van der Waals surface area contributed by atoms with Crippen LogP contribution in [0.4, 0.5) is 0 Å². The largest absolute Gasteiger partial charge is 0.377 e. The molecule has 0 bridgehead atoms. The zero-order valence-electron chi connectivity index (χ0n) is 11.6. The molecule has 0 aromatic heterocycles. The highest BCUT2D eigenvalue weighted by molar-refractivity contribution is 5.25. The van der Waals surface area contributed by atoms with Crippen molar-refractivity contribution in [3.8, 4) is 0 Å². The van der Waals surface area contributed by atoms with Crippen LogP contribution in [-0.4, -0.2) is 12.7 Å². The van der Waals surface area contributed by atoms with E-state index in [-0.39, 0.29) is 12.1 Å². The van der Waals surface area contributed by atoms with Gasteiger partial charge in [0.1, 0.15) is 0 Å². The number of benzene rings is 1. The van der Waals surface area contributed by atoms with E-state index in [0.717, 1.165) is 18.9 Å². The van der Waals surface area contributed by atoms with Crippen molar-refractivity contribution in [1.29, 1.82) is 0 Å². The maximum atomic E-state index is 6.24. The summed E-state index contributed by atoms with van der Waals surface area (Å²) in [6, 6.07) is 8.56. The molecule has 2 N–H and O–H groups in total. The van der Waals surface area contributed by atoms with Crippen LogP contribution in [0.15, 0.2) is 24.3 Å². The summed E-state index contributed by atoms with van der Waals surface area (Å²) in [5, 5.41) is 0. The van der Waals surface area contributed by atoms with Crippen LogP contribution < -0.4 is 5.73 Å². The Bertz CT molecular complexity index is 356. The van der Waals surface area contributed by atoms with E-state index in [1.807, 2.05) is 0 Å². The number of hydrogen-bond acceptors (Lipinski definition) is 2. The quantitative estimate of drug-likeness (QED) is 0.801. The van der Waals surface area contributed by atoms with Crippen molar-refractivity contribution in [2.24, 2.45) is 11.7 Å². The van der Waals surface area contributed by atoms with Crippen LogP contribution in [0.3, 0.4) is 0 Å². The summed E-state index contributed by atoms with van der Waals surface area (Å²) in [6.07, 6.45) is 5.15. The predicted molar refractivity (Wildman–Crippen MR) is 75.5 cm³/mol. The lowest BCUT2D eigenvalue weighted by Crippen LogP contribution is -2.26. The molecule has 1 aromatic carbocycles. The van der Waals surface area contributed by atoms with Gasteiger partial charge in [-0.2, -0.15) is 0 Å². The number of ether oxygens (including phenoxy) is 1. The Kier molecular flexibility index (Phi) is 4.79. The predicted octanol–water partition coefficient (Wildman–Crippen LogP) is 3.45. The molecule has 0 saturated heterocycles. The number of aryl methyl sites for hydroxylation is 1. The Labute approximate surface area is 111 Å². The maximum Gasteiger partial charge on any atom is 0.0739 e. The van der Waals surface area contributed by atoms with Crippen LogP contribution in [0.1, 0.15) is 50.3 Å². The zero-order chi connectivity index (χ0) is 13.0. The average Bonchev–Trinajstić information content (AvgIpc) is 3.22. The standard InChI is InChI=1S/C16H25NO/c1-3-13-6-8-15(9-7-13)16(17)12(2)18-11-10-14-4-5-14/h6-9,12,14,16H,3-5,10-11,17H2,1-2H3. The smallest absolute Gasteiger partial charge is 0.0739 e. The van der Waals surface area contributed by atoms with E-state index >= 15 is 0 Å². The number of nitrogens with two attached hydrogens (primary N) is 1. The van der Waals surface area contributed by atoms with E-state index < -0.39 is 0 Å². The van der Waals surface area contributed by atoms with Crippen molar-refractivity contribution < 1.29 is 4.74 Å². The summed E-state index contributed by atoms with van der Waals surface area (Å²) in [6.45, 7) is 5.09. The Morgan fingerprint density at radius 2 is 1.94 bits per heavy atom. The van der Waals surface area contributed by atoms with E-state index in [1.54, 1.807) is 0 Å². The molecule has 1 aromatic rings. The molecule has 2 heteroatoms. The number of hydrogen-bond donors (Lipinski definition) is 1. The highest BCUT2D eigenvalue weighted by Crippen LogP contribution is 2.32. The van der Waals surface area contributed by atoms with Gasteiger partial charge in [0.05, 0.1) is 12.1 Å². The fourth-order valence-corrected chi connectivity index (χ4v) is 2.18. The highest BCUT2D eigenvalue weighted by atomic mass is 16.5. The first kappa shape index (κ1) is 13.6. The molecule has 1 aliphatic rings. The molecule has 2 rings (SSSR count). The first-order chi connectivity index (χ1) is 8.70. The second kappa shape index (κ2) is 6.35. The molecular formula is C16H25NO. The van der Waals surface area contributed by atoms with Gasteiger partial charge in [0, 0.05) is 6.61 Å². The maximum absolute atomic E-state index is 6.24. The van der Waals surface area contributed by atoms with Crippen LogP contribution in [0, 0.1) is 5.92 Å². The van der Waals surface area contributed by atoms with Crippen LogP contribution >= 0.6 is 0 Å². The first-order valence-corrected chi connectivity index (χ1v) is 7.16. The Hall–Kier alpha value is -0.860. The molecule has 0 radical (unpaired) electrons. The molecule has 0 spiro atoms.